The highest BCUT2D eigenvalue weighted by Crippen LogP contribution is 2.41. The van der Waals surface area contributed by atoms with Gasteiger partial charge in [0.25, 0.3) is 5.56 Å². The van der Waals surface area contributed by atoms with Crippen molar-refractivity contribution in [2.45, 2.75) is 53.5 Å². The Bertz CT molecular complexity index is 1120. The van der Waals surface area contributed by atoms with Crippen LogP contribution in [-0.4, -0.2) is 15.5 Å². The van der Waals surface area contributed by atoms with Crippen LogP contribution in [-0.2, 0) is 24.2 Å². The molecule has 0 bridgehead atoms. The molecule has 0 saturated heterocycles. The minimum Gasteiger partial charge on any atom is -0.325 e. The lowest BCUT2D eigenvalue weighted by atomic mass is 9.72. The molecular weight excluding hydrogens is 382 g/mol. The van der Waals surface area contributed by atoms with E-state index in [0.717, 1.165) is 40.9 Å². The second-order valence-electron chi connectivity index (χ2n) is 9.08. The first-order valence-corrected chi connectivity index (χ1v) is 10.9. The van der Waals surface area contributed by atoms with Crippen molar-refractivity contribution in [3.8, 4) is 0 Å². The minimum atomic E-state index is -0.228. The van der Waals surface area contributed by atoms with Crippen molar-refractivity contribution in [2.24, 2.45) is 11.3 Å². The molecule has 0 unspecified atom stereocenters. The molecule has 0 radical (unpaired) electrons. The predicted octanol–water partition coefficient (Wildman–Crippen LogP) is 4.56. The summed E-state index contributed by atoms with van der Waals surface area (Å²) in [5.74, 6) is 0.388. The van der Waals surface area contributed by atoms with E-state index in [1.807, 2.05) is 31.2 Å². The molecule has 5 nitrogen and oxygen atoms in total. The number of nitrogens with zero attached hydrogens (tertiary/aromatic N) is 2. The molecule has 2 heterocycles. The molecule has 0 spiro atoms. The third-order valence-corrected chi connectivity index (χ3v) is 7.07. The van der Waals surface area contributed by atoms with Gasteiger partial charge in [0.05, 0.1) is 11.7 Å². The SMILES string of the molecule is Cc1ccc(NC(=O)Cn2cnc3sc4c(c3c2=O)CC[C@H](C(C)(C)C)C4)cc1. The van der Waals surface area contributed by atoms with Crippen LogP contribution in [0, 0.1) is 18.3 Å². The first-order chi connectivity index (χ1) is 13.7. The number of anilines is 1. The summed E-state index contributed by atoms with van der Waals surface area (Å²) >= 11 is 1.64. The average molecular weight is 410 g/mol. The van der Waals surface area contributed by atoms with E-state index < -0.39 is 0 Å². The summed E-state index contributed by atoms with van der Waals surface area (Å²) in [6.45, 7) is 8.82. The fourth-order valence-electron chi connectivity index (χ4n) is 4.05. The third kappa shape index (κ3) is 3.99. The Morgan fingerprint density at radius 2 is 2.00 bits per heavy atom. The number of rotatable bonds is 3. The number of amides is 1. The molecule has 4 rings (SSSR count). The Hall–Kier alpha value is -2.47. The van der Waals surface area contributed by atoms with Gasteiger partial charge in [0.2, 0.25) is 5.91 Å². The van der Waals surface area contributed by atoms with E-state index in [-0.39, 0.29) is 23.4 Å². The largest absolute Gasteiger partial charge is 0.325 e. The molecule has 1 amide bonds. The average Bonchev–Trinajstić information content (AvgIpc) is 3.03. The fraction of sp³-hybridized carbons (Fsp3) is 0.435. The van der Waals surface area contributed by atoms with E-state index in [1.165, 1.54) is 15.8 Å². The lowest BCUT2D eigenvalue weighted by Crippen LogP contribution is -2.29. The van der Waals surface area contributed by atoms with Gasteiger partial charge < -0.3 is 5.32 Å². The summed E-state index contributed by atoms with van der Waals surface area (Å²) in [4.78, 5) is 32.2. The zero-order valence-corrected chi connectivity index (χ0v) is 18.2. The van der Waals surface area contributed by atoms with Crippen LogP contribution in [0.3, 0.4) is 0 Å². The van der Waals surface area contributed by atoms with Crippen molar-refractivity contribution in [1.29, 1.82) is 0 Å². The topological polar surface area (TPSA) is 64.0 Å². The second-order valence-corrected chi connectivity index (χ2v) is 10.2. The number of carbonyl (C=O) groups is 1. The number of aryl methyl sites for hydroxylation is 2. The van der Waals surface area contributed by atoms with Crippen molar-refractivity contribution in [2.75, 3.05) is 5.32 Å². The molecular formula is C23H27N3O2S. The summed E-state index contributed by atoms with van der Waals surface area (Å²) in [5.41, 5.74) is 3.15. The fourth-order valence-corrected chi connectivity index (χ4v) is 5.30. The third-order valence-electron chi connectivity index (χ3n) is 5.91. The van der Waals surface area contributed by atoms with Crippen molar-refractivity contribution in [3.63, 3.8) is 0 Å². The Morgan fingerprint density at radius 3 is 2.69 bits per heavy atom. The first kappa shape index (κ1) is 19.8. The number of nitrogens with one attached hydrogen (secondary N) is 1. The Labute approximate surface area is 174 Å². The van der Waals surface area contributed by atoms with Gasteiger partial charge in [0.1, 0.15) is 11.4 Å². The number of thiophene rings is 1. The van der Waals surface area contributed by atoms with Crippen LogP contribution in [0.1, 0.15) is 43.2 Å². The van der Waals surface area contributed by atoms with Gasteiger partial charge in [-0.15, -0.1) is 11.3 Å². The summed E-state index contributed by atoms with van der Waals surface area (Å²) in [6, 6.07) is 7.60. The van der Waals surface area contributed by atoms with Crippen LogP contribution in [0.15, 0.2) is 35.4 Å². The Kier molecular flexibility index (Phi) is 5.07. The van der Waals surface area contributed by atoms with Crippen molar-refractivity contribution >= 4 is 33.1 Å². The molecule has 0 saturated carbocycles. The van der Waals surface area contributed by atoms with Crippen LogP contribution in [0.4, 0.5) is 5.69 Å². The maximum Gasteiger partial charge on any atom is 0.262 e. The van der Waals surface area contributed by atoms with E-state index >= 15 is 0 Å². The molecule has 1 aliphatic rings. The highest BCUT2D eigenvalue weighted by molar-refractivity contribution is 7.18. The number of hydrogen-bond acceptors (Lipinski definition) is 4. The molecule has 3 aromatic rings. The van der Waals surface area contributed by atoms with Crippen LogP contribution in [0.2, 0.25) is 0 Å². The van der Waals surface area contributed by atoms with Gasteiger partial charge in [-0.05, 0) is 55.2 Å². The molecule has 1 aliphatic carbocycles. The van der Waals surface area contributed by atoms with Crippen molar-refractivity contribution in [1.82, 2.24) is 9.55 Å². The number of fused-ring (bicyclic) bond motifs is 3. The van der Waals surface area contributed by atoms with Crippen LogP contribution in [0.25, 0.3) is 10.2 Å². The molecule has 29 heavy (non-hydrogen) atoms. The minimum absolute atomic E-state index is 0.0368. The van der Waals surface area contributed by atoms with E-state index in [9.17, 15) is 9.59 Å². The monoisotopic (exact) mass is 409 g/mol. The van der Waals surface area contributed by atoms with Gasteiger partial charge >= 0.3 is 0 Å². The summed E-state index contributed by atoms with van der Waals surface area (Å²) in [6.07, 6.45) is 4.51. The molecule has 152 valence electrons. The number of carbonyl (C=O) groups excluding carboxylic acids is 1. The maximum atomic E-state index is 13.1. The van der Waals surface area contributed by atoms with E-state index in [2.05, 4.69) is 31.1 Å². The molecule has 1 N–H and O–H groups in total. The normalized spacial score (nSPS) is 16.6. The molecule has 1 aromatic carbocycles. The van der Waals surface area contributed by atoms with Gasteiger partial charge in [-0.25, -0.2) is 4.98 Å². The van der Waals surface area contributed by atoms with Crippen LogP contribution >= 0.6 is 11.3 Å². The van der Waals surface area contributed by atoms with E-state index in [1.54, 1.807) is 11.3 Å². The highest BCUT2D eigenvalue weighted by atomic mass is 32.1. The van der Waals surface area contributed by atoms with Crippen LogP contribution < -0.4 is 10.9 Å². The van der Waals surface area contributed by atoms with Gasteiger partial charge in [-0.2, -0.15) is 0 Å². The second kappa shape index (κ2) is 7.41. The lowest BCUT2D eigenvalue weighted by molar-refractivity contribution is -0.116. The summed E-state index contributed by atoms with van der Waals surface area (Å²) in [7, 11) is 0. The predicted molar refractivity (Wildman–Crippen MR) is 119 cm³/mol. The zero-order valence-electron chi connectivity index (χ0n) is 17.4. The Balaban J connectivity index is 1.59. The van der Waals surface area contributed by atoms with Crippen molar-refractivity contribution < 1.29 is 4.79 Å². The van der Waals surface area contributed by atoms with Gasteiger partial charge in [0, 0.05) is 10.6 Å². The van der Waals surface area contributed by atoms with E-state index in [4.69, 9.17) is 0 Å². The number of hydrogen-bond donors (Lipinski definition) is 1. The summed E-state index contributed by atoms with van der Waals surface area (Å²) in [5, 5.41) is 3.56. The van der Waals surface area contributed by atoms with Gasteiger partial charge in [-0.1, -0.05) is 38.5 Å². The van der Waals surface area contributed by atoms with Gasteiger partial charge in [0.15, 0.2) is 0 Å². The van der Waals surface area contributed by atoms with Gasteiger partial charge in [-0.3, -0.25) is 14.2 Å². The standard InChI is InChI=1S/C23H27N3O2S/c1-14-5-8-16(9-6-14)25-19(27)12-26-13-24-21-20(22(26)28)17-10-7-15(23(2,3)4)11-18(17)29-21/h5-6,8-9,13,15H,7,10-12H2,1-4H3,(H,25,27)/t15-/m0/s1. The number of benzene rings is 1. The Morgan fingerprint density at radius 1 is 1.28 bits per heavy atom. The molecule has 2 aromatic heterocycles. The smallest absolute Gasteiger partial charge is 0.262 e. The van der Waals surface area contributed by atoms with Crippen LogP contribution in [0.5, 0.6) is 0 Å². The lowest BCUT2D eigenvalue weighted by Gasteiger charge is -2.33. The highest BCUT2D eigenvalue weighted by Gasteiger charge is 2.31. The van der Waals surface area contributed by atoms with E-state index in [0.29, 0.717) is 11.3 Å². The quantitative estimate of drug-likeness (QED) is 0.690. The first-order valence-electron chi connectivity index (χ1n) is 10.1. The molecule has 1 atom stereocenters. The summed E-state index contributed by atoms with van der Waals surface area (Å²) < 4.78 is 1.43. The zero-order chi connectivity index (χ0) is 20.8. The maximum absolute atomic E-state index is 13.1. The number of aromatic nitrogens is 2. The van der Waals surface area contributed by atoms with Crippen molar-refractivity contribution in [3.05, 3.63) is 57.0 Å². The molecule has 6 heteroatoms. The molecule has 0 fully saturated rings. The molecule has 0 aliphatic heterocycles.